The van der Waals surface area contributed by atoms with Crippen LogP contribution in [0.15, 0.2) is 53.3 Å². The van der Waals surface area contributed by atoms with Crippen molar-refractivity contribution in [2.45, 2.75) is 13.1 Å². The summed E-state index contributed by atoms with van der Waals surface area (Å²) in [5.74, 6) is 0. The second-order valence-corrected chi connectivity index (χ2v) is 4.50. The number of nitrogens with zero attached hydrogens (tertiary/aromatic N) is 1. The quantitative estimate of drug-likeness (QED) is 0.933. The lowest BCUT2D eigenvalue weighted by molar-refractivity contribution is 0.692. The van der Waals surface area contributed by atoms with Crippen LogP contribution < -0.4 is 5.32 Å². The highest BCUT2D eigenvalue weighted by Gasteiger charge is 1.94. The maximum Gasteiger partial charge on any atom is 0.0271 e. The van der Waals surface area contributed by atoms with E-state index < -0.39 is 0 Å². The highest BCUT2D eigenvalue weighted by Crippen LogP contribution is 2.10. The Kier molecular flexibility index (Phi) is 6.19. The van der Waals surface area contributed by atoms with Crippen LogP contribution in [0.1, 0.15) is 11.1 Å². The van der Waals surface area contributed by atoms with Crippen molar-refractivity contribution < 1.29 is 0 Å². The predicted octanol–water partition coefficient (Wildman–Crippen LogP) is 3.56. The van der Waals surface area contributed by atoms with E-state index in [9.17, 15) is 0 Å². The zero-order chi connectivity index (χ0) is 11.2. The monoisotopic (exact) mass is 312 g/mol. The Labute approximate surface area is 116 Å². The Morgan fingerprint density at radius 1 is 0.882 bits per heavy atom. The molecule has 17 heavy (non-hydrogen) atoms. The van der Waals surface area contributed by atoms with Gasteiger partial charge in [-0.1, -0.05) is 28.1 Å². The first-order valence-corrected chi connectivity index (χ1v) is 5.98. The van der Waals surface area contributed by atoms with Gasteiger partial charge in [0, 0.05) is 30.0 Å². The number of pyridine rings is 1. The lowest BCUT2D eigenvalue weighted by Crippen LogP contribution is -2.12. The Bertz CT molecular complexity index is 431. The zero-order valence-corrected chi connectivity index (χ0v) is 11.7. The van der Waals surface area contributed by atoms with E-state index in [0.29, 0.717) is 0 Å². The largest absolute Gasteiger partial charge is 0.309 e. The van der Waals surface area contributed by atoms with E-state index in [2.05, 4.69) is 50.5 Å². The van der Waals surface area contributed by atoms with Crippen LogP contribution in [0.3, 0.4) is 0 Å². The normalized spacial score (nSPS) is 9.71. The number of benzene rings is 1. The Hall–Kier alpha value is -0.900. The van der Waals surface area contributed by atoms with Crippen LogP contribution in [0.4, 0.5) is 0 Å². The van der Waals surface area contributed by atoms with E-state index in [1.54, 1.807) is 0 Å². The fraction of sp³-hybridized carbons (Fsp3) is 0.154. The van der Waals surface area contributed by atoms with Gasteiger partial charge in [0.05, 0.1) is 0 Å². The van der Waals surface area contributed by atoms with Gasteiger partial charge < -0.3 is 5.32 Å². The van der Waals surface area contributed by atoms with Gasteiger partial charge in [-0.2, -0.15) is 0 Å². The molecule has 0 saturated heterocycles. The molecule has 0 saturated carbocycles. The van der Waals surface area contributed by atoms with Crippen molar-refractivity contribution >= 4 is 28.3 Å². The fourth-order valence-corrected chi connectivity index (χ4v) is 1.72. The first-order valence-electron chi connectivity index (χ1n) is 5.18. The third-order valence-electron chi connectivity index (χ3n) is 2.32. The molecule has 0 fully saturated rings. The molecule has 0 unspecified atom stereocenters. The molecular weight excluding hydrogens is 300 g/mol. The van der Waals surface area contributed by atoms with Gasteiger partial charge in [-0.15, -0.1) is 12.4 Å². The minimum atomic E-state index is 0. The molecule has 0 radical (unpaired) electrons. The first kappa shape index (κ1) is 14.2. The third-order valence-corrected chi connectivity index (χ3v) is 2.85. The highest BCUT2D eigenvalue weighted by atomic mass is 79.9. The average molecular weight is 314 g/mol. The van der Waals surface area contributed by atoms with Crippen molar-refractivity contribution in [3.63, 3.8) is 0 Å². The zero-order valence-electron chi connectivity index (χ0n) is 9.27. The van der Waals surface area contributed by atoms with E-state index in [1.807, 2.05) is 24.5 Å². The van der Waals surface area contributed by atoms with Crippen molar-refractivity contribution in [2.24, 2.45) is 0 Å². The summed E-state index contributed by atoms with van der Waals surface area (Å²) in [6, 6.07) is 12.4. The van der Waals surface area contributed by atoms with E-state index in [1.165, 1.54) is 11.1 Å². The van der Waals surface area contributed by atoms with Crippen LogP contribution in [0, 0.1) is 0 Å². The van der Waals surface area contributed by atoms with Crippen molar-refractivity contribution in [1.29, 1.82) is 0 Å². The fourth-order valence-electron chi connectivity index (χ4n) is 1.45. The standard InChI is InChI=1S/C13H13BrN2.ClH/c14-13-3-1-11(2-4-13)9-16-10-12-5-7-15-8-6-12;/h1-8,16H,9-10H2;1H. The summed E-state index contributed by atoms with van der Waals surface area (Å²) in [7, 11) is 0. The van der Waals surface area contributed by atoms with E-state index >= 15 is 0 Å². The second kappa shape index (κ2) is 7.43. The molecule has 1 aromatic carbocycles. The van der Waals surface area contributed by atoms with Crippen LogP contribution >= 0.6 is 28.3 Å². The molecule has 0 aliphatic heterocycles. The smallest absolute Gasteiger partial charge is 0.0271 e. The lowest BCUT2D eigenvalue weighted by Gasteiger charge is -2.04. The molecule has 1 aromatic heterocycles. The van der Waals surface area contributed by atoms with Crippen LogP contribution in [0.25, 0.3) is 0 Å². The first-order chi connectivity index (χ1) is 7.84. The van der Waals surface area contributed by atoms with Crippen molar-refractivity contribution in [1.82, 2.24) is 10.3 Å². The van der Waals surface area contributed by atoms with E-state index in [4.69, 9.17) is 0 Å². The summed E-state index contributed by atoms with van der Waals surface area (Å²) >= 11 is 3.42. The van der Waals surface area contributed by atoms with Crippen molar-refractivity contribution in [3.05, 3.63) is 64.4 Å². The maximum absolute atomic E-state index is 3.99. The van der Waals surface area contributed by atoms with Gasteiger partial charge in [-0.25, -0.2) is 0 Å². The molecule has 0 aliphatic rings. The molecule has 90 valence electrons. The third kappa shape index (κ3) is 4.86. The molecule has 1 heterocycles. The molecule has 0 amide bonds. The minimum Gasteiger partial charge on any atom is -0.309 e. The summed E-state index contributed by atoms with van der Waals surface area (Å²) in [6.07, 6.45) is 3.63. The van der Waals surface area contributed by atoms with Gasteiger partial charge in [-0.3, -0.25) is 4.98 Å². The molecule has 0 bridgehead atoms. The lowest BCUT2D eigenvalue weighted by atomic mass is 10.2. The predicted molar refractivity (Wildman–Crippen MR) is 76.2 cm³/mol. The summed E-state index contributed by atoms with van der Waals surface area (Å²) in [4.78, 5) is 3.99. The molecule has 1 N–H and O–H groups in total. The topological polar surface area (TPSA) is 24.9 Å². The van der Waals surface area contributed by atoms with Gasteiger partial charge in [0.15, 0.2) is 0 Å². The summed E-state index contributed by atoms with van der Waals surface area (Å²) < 4.78 is 1.12. The van der Waals surface area contributed by atoms with Crippen molar-refractivity contribution in [3.8, 4) is 0 Å². The number of hydrogen-bond acceptors (Lipinski definition) is 2. The second-order valence-electron chi connectivity index (χ2n) is 3.59. The van der Waals surface area contributed by atoms with Gasteiger partial charge in [0.1, 0.15) is 0 Å². The van der Waals surface area contributed by atoms with Gasteiger partial charge in [0.2, 0.25) is 0 Å². The van der Waals surface area contributed by atoms with Crippen LogP contribution in [-0.2, 0) is 13.1 Å². The Morgan fingerprint density at radius 2 is 1.41 bits per heavy atom. The Balaban J connectivity index is 0.00000144. The SMILES string of the molecule is Brc1ccc(CNCc2ccncc2)cc1.Cl. The molecule has 2 nitrogen and oxygen atoms in total. The molecule has 0 aliphatic carbocycles. The number of nitrogens with one attached hydrogen (secondary N) is 1. The molecule has 2 aromatic rings. The van der Waals surface area contributed by atoms with Gasteiger partial charge in [0.25, 0.3) is 0 Å². The number of aromatic nitrogens is 1. The molecule has 2 rings (SSSR count). The number of halogens is 2. The number of rotatable bonds is 4. The van der Waals surface area contributed by atoms with E-state index in [-0.39, 0.29) is 12.4 Å². The molecule has 0 atom stereocenters. The molecule has 0 spiro atoms. The van der Waals surface area contributed by atoms with Crippen LogP contribution in [0.2, 0.25) is 0 Å². The Morgan fingerprint density at radius 3 is 2.00 bits per heavy atom. The summed E-state index contributed by atoms with van der Waals surface area (Å²) in [5, 5.41) is 3.39. The van der Waals surface area contributed by atoms with Gasteiger partial charge >= 0.3 is 0 Å². The van der Waals surface area contributed by atoms with Crippen LogP contribution in [-0.4, -0.2) is 4.98 Å². The summed E-state index contributed by atoms with van der Waals surface area (Å²) in [5.41, 5.74) is 2.55. The highest BCUT2D eigenvalue weighted by molar-refractivity contribution is 9.10. The van der Waals surface area contributed by atoms with Gasteiger partial charge in [-0.05, 0) is 35.4 Å². The maximum atomic E-state index is 3.99. The van der Waals surface area contributed by atoms with Crippen molar-refractivity contribution in [2.75, 3.05) is 0 Å². The number of hydrogen-bond donors (Lipinski definition) is 1. The van der Waals surface area contributed by atoms with E-state index in [0.717, 1.165) is 17.6 Å². The summed E-state index contributed by atoms with van der Waals surface area (Å²) in [6.45, 7) is 1.76. The average Bonchev–Trinajstić information content (AvgIpc) is 2.33. The van der Waals surface area contributed by atoms with Crippen LogP contribution in [0.5, 0.6) is 0 Å². The molecular formula is C13H14BrClN2. The molecule has 4 heteroatoms. The minimum absolute atomic E-state index is 0.